The van der Waals surface area contributed by atoms with Gasteiger partial charge in [0.25, 0.3) is 0 Å². The van der Waals surface area contributed by atoms with E-state index in [0.29, 0.717) is 11.8 Å². The van der Waals surface area contributed by atoms with Gasteiger partial charge in [-0.2, -0.15) is 0 Å². The van der Waals surface area contributed by atoms with Crippen LogP contribution in [0.5, 0.6) is 5.75 Å². The zero-order chi connectivity index (χ0) is 14.5. The van der Waals surface area contributed by atoms with E-state index < -0.39 is 0 Å². The molecule has 2 aromatic rings. The second-order valence-corrected chi connectivity index (χ2v) is 5.57. The largest absolute Gasteiger partial charge is 0.508 e. The highest BCUT2D eigenvalue weighted by Gasteiger charge is 2.04. The van der Waals surface area contributed by atoms with E-state index in [4.69, 9.17) is 0 Å². The third kappa shape index (κ3) is 4.02. The SMILES string of the molecule is Cc1cccc(CCC(C)Nc2ccc(O)c(C)c2)c1. The standard InChI is InChI=1S/C18H23NO/c1-13-5-4-6-16(11-13)8-7-15(3)19-17-9-10-18(20)14(2)12-17/h4-6,9-12,15,19-20H,7-8H2,1-3H3. The number of benzene rings is 2. The van der Waals surface area contributed by atoms with Gasteiger partial charge in [-0.05, 0) is 62.9 Å². The number of hydrogen-bond donors (Lipinski definition) is 2. The summed E-state index contributed by atoms with van der Waals surface area (Å²) in [6.07, 6.45) is 2.16. The number of hydrogen-bond acceptors (Lipinski definition) is 2. The summed E-state index contributed by atoms with van der Waals surface area (Å²) in [5, 5.41) is 13.0. The molecule has 0 bridgehead atoms. The summed E-state index contributed by atoms with van der Waals surface area (Å²) in [7, 11) is 0. The molecule has 2 N–H and O–H groups in total. The molecule has 1 atom stereocenters. The average Bonchev–Trinajstić information content (AvgIpc) is 2.41. The van der Waals surface area contributed by atoms with Crippen molar-refractivity contribution in [3.05, 3.63) is 59.2 Å². The Morgan fingerprint density at radius 3 is 2.60 bits per heavy atom. The Morgan fingerprint density at radius 1 is 1.10 bits per heavy atom. The third-order valence-electron chi connectivity index (χ3n) is 3.56. The van der Waals surface area contributed by atoms with Crippen molar-refractivity contribution in [1.29, 1.82) is 0 Å². The van der Waals surface area contributed by atoms with Crippen molar-refractivity contribution in [2.45, 2.75) is 39.7 Å². The van der Waals surface area contributed by atoms with E-state index in [2.05, 4.69) is 43.4 Å². The Bertz CT molecular complexity index is 577. The lowest BCUT2D eigenvalue weighted by molar-refractivity contribution is 0.471. The van der Waals surface area contributed by atoms with Gasteiger partial charge in [0.15, 0.2) is 0 Å². The predicted octanol–water partition coefficient (Wildman–Crippen LogP) is 4.44. The molecule has 0 radical (unpaired) electrons. The molecule has 0 saturated heterocycles. The molecule has 0 saturated carbocycles. The maximum atomic E-state index is 9.53. The van der Waals surface area contributed by atoms with Gasteiger partial charge in [0.05, 0.1) is 0 Å². The maximum absolute atomic E-state index is 9.53. The van der Waals surface area contributed by atoms with Crippen LogP contribution in [0.3, 0.4) is 0 Å². The van der Waals surface area contributed by atoms with Crippen molar-refractivity contribution < 1.29 is 5.11 Å². The molecular weight excluding hydrogens is 246 g/mol. The number of phenolic OH excluding ortho intramolecular Hbond substituents is 1. The molecule has 1 unspecified atom stereocenters. The monoisotopic (exact) mass is 269 g/mol. The van der Waals surface area contributed by atoms with Crippen LogP contribution in [0.15, 0.2) is 42.5 Å². The molecule has 106 valence electrons. The first-order valence-corrected chi connectivity index (χ1v) is 7.16. The molecule has 20 heavy (non-hydrogen) atoms. The van der Waals surface area contributed by atoms with Crippen LogP contribution < -0.4 is 5.32 Å². The van der Waals surface area contributed by atoms with Crippen LogP contribution in [0, 0.1) is 13.8 Å². The van der Waals surface area contributed by atoms with Crippen LogP contribution >= 0.6 is 0 Å². The summed E-state index contributed by atoms with van der Waals surface area (Å²) in [5.41, 5.74) is 4.68. The van der Waals surface area contributed by atoms with Gasteiger partial charge < -0.3 is 10.4 Å². The van der Waals surface area contributed by atoms with Gasteiger partial charge in [0, 0.05) is 11.7 Å². The maximum Gasteiger partial charge on any atom is 0.118 e. The zero-order valence-electron chi connectivity index (χ0n) is 12.5. The minimum Gasteiger partial charge on any atom is -0.508 e. The van der Waals surface area contributed by atoms with Crippen molar-refractivity contribution >= 4 is 5.69 Å². The molecule has 0 aliphatic heterocycles. The first-order chi connectivity index (χ1) is 9.54. The normalized spacial score (nSPS) is 12.2. The van der Waals surface area contributed by atoms with Gasteiger partial charge in [0.1, 0.15) is 5.75 Å². The number of aryl methyl sites for hydroxylation is 3. The molecule has 0 heterocycles. The number of phenols is 1. The summed E-state index contributed by atoms with van der Waals surface area (Å²) in [4.78, 5) is 0. The molecule has 0 aliphatic rings. The fourth-order valence-electron chi connectivity index (χ4n) is 2.35. The summed E-state index contributed by atoms with van der Waals surface area (Å²) < 4.78 is 0. The molecular formula is C18H23NO. The van der Waals surface area contributed by atoms with Gasteiger partial charge in [-0.1, -0.05) is 29.8 Å². The van der Waals surface area contributed by atoms with Gasteiger partial charge >= 0.3 is 0 Å². The van der Waals surface area contributed by atoms with Gasteiger partial charge in [-0.3, -0.25) is 0 Å². The minimum absolute atomic E-state index is 0.350. The Morgan fingerprint density at radius 2 is 1.90 bits per heavy atom. The molecule has 0 fully saturated rings. The Labute approximate surface area is 121 Å². The van der Waals surface area contributed by atoms with Crippen LogP contribution in [0.4, 0.5) is 5.69 Å². The first kappa shape index (κ1) is 14.4. The molecule has 2 aromatic carbocycles. The van der Waals surface area contributed by atoms with Gasteiger partial charge in [-0.15, -0.1) is 0 Å². The highest BCUT2D eigenvalue weighted by Crippen LogP contribution is 2.21. The Balaban J connectivity index is 1.89. The van der Waals surface area contributed by atoms with E-state index in [1.54, 1.807) is 6.07 Å². The summed E-state index contributed by atoms with van der Waals surface area (Å²) in [6, 6.07) is 14.7. The van der Waals surface area contributed by atoms with Crippen LogP contribution in [-0.2, 0) is 6.42 Å². The van der Waals surface area contributed by atoms with Crippen molar-refractivity contribution in [3.63, 3.8) is 0 Å². The van der Waals surface area contributed by atoms with Crippen molar-refractivity contribution in [1.82, 2.24) is 0 Å². The average molecular weight is 269 g/mol. The molecule has 2 heteroatoms. The quantitative estimate of drug-likeness (QED) is 0.786. The summed E-state index contributed by atoms with van der Waals surface area (Å²) >= 11 is 0. The van der Waals surface area contributed by atoms with E-state index in [1.807, 2.05) is 19.1 Å². The lowest BCUT2D eigenvalue weighted by Crippen LogP contribution is -2.16. The third-order valence-corrected chi connectivity index (χ3v) is 3.56. The first-order valence-electron chi connectivity index (χ1n) is 7.16. The number of anilines is 1. The fourth-order valence-corrected chi connectivity index (χ4v) is 2.35. The minimum atomic E-state index is 0.350. The molecule has 0 aliphatic carbocycles. The highest BCUT2D eigenvalue weighted by atomic mass is 16.3. The lowest BCUT2D eigenvalue weighted by atomic mass is 10.0. The Hall–Kier alpha value is -1.96. The van der Waals surface area contributed by atoms with Gasteiger partial charge in [-0.25, -0.2) is 0 Å². The van der Waals surface area contributed by atoms with E-state index in [0.717, 1.165) is 24.1 Å². The van der Waals surface area contributed by atoms with E-state index in [9.17, 15) is 5.11 Å². The van der Waals surface area contributed by atoms with E-state index >= 15 is 0 Å². The fraction of sp³-hybridized carbons (Fsp3) is 0.333. The number of rotatable bonds is 5. The smallest absolute Gasteiger partial charge is 0.118 e. The van der Waals surface area contributed by atoms with Crippen LogP contribution in [-0.4, -0.2) is 11.1 Å². The van der Waals surface area contributed by atoms with Crippen molar-refractivity contribution in [3.8, 4) is 5.75 Å². The number of nitrogens with one attached hydrogen (secondary N) is 1. The number of aromatic hydroxyl groups is 1. The van der Waals surface area contributed by atoms with Crippen LogP contribution in [0.25, 0.3) is 0 Å². The zero-order valence-corrected chi connectivity index (χ0v) is 12.5. The lowest BCUT2D eigenvalue weighted by Gasteiger charge is -2.16. The topological polar surface area (TPSA) is 32.3 Å². The van der Waals surface area contributed by atoms with Crippen LogP contribution in [0.2, 0.25) is 0 Å². The van der Waals surface area contributed by atoms with Gasteiger partial charge in [0.2, 0.25) is 0 Å². The highest BCUT2D eigenvalue weighted by molar-refractivity contribution is 5.50. The van der Waals surface area contributed by atoms with Crippen molar-refractivity contribution in [2.24, 2.45) is 0 Å². The molecule has 2 nitrogen and oxygen atoms in total. The van der Waals surface area contributed by atoms with Crippen molar-refractivity contribution in [2.75, 3.05) is 5.32 Å². The summed E-state index contributed by atoms with van der Waals surface area (Å²) in [5.74, 6) is 0.350. The predicted molar refractivity (Wildman–Crippen MR) is 85.4 cm³/mol. The molecule has 0 amide bonds. The van der Waals surface area contributed by atoms with E-state index in [-0.39, 0.29) is 0 Å². The Kier molecular flexibility index (Phi) is 4.67. The van der Waals surface area contributed by atoms with Crippen LogP contribution in [0.1, 0.15) is 30.0 Å². The van der Waals surface area contributed by atoms with E-state index in [1.165, 1.54) is 11.1 Å². The second-order valence-electron chi connectivity index (χ2n) is 5.57. The molecule has 2 rings (SSSR count). The summed E-state index contributed by atoms with van der Waals surface area (Å²) in [6.45, 7) is 6.24. The molecule has 0 aromatic heterocycles. The second kappa shape index (κ2) is 6.47. The molecule has 0 spiro atoms.